The summed E-state index contributed by atoms with van der Waals surface area (Å²) < 4.78 is 32.5. The molecule has 6 heterocycles. The summed E-state index contributed by atoms with van der Waals surface area (Å²) in [6.45, 7) is -1.68. The van der Waals surface area contributed by atoms with Crippen LogP contribution in [0, 0.1) is 0 Å². The first-order valence-corrected chi connectivity index (χ1v) is 21.7. The van der Waals surface area contributed by atoms with Crippen LogP contribution in [-0.4, -0.2) is 147 Å². The predicted octanol–water partition coefficient (Wildman–Crippen LogP) is 1.65. The second kappa shape index (κ2) is 16.2. The predicted molar refractivity (Wildman–Crippen MR) is 245 cm³/mol. The molecule has 0 spiro atoms. The van der Waals surface area contributed by atoms with Crippen molar-refractivity contribution in [3.8, 4) is 125 Å². The maximum absolute atomic E-state index is 15.0. The van der Waals surface area contributed by atoms with Crippen molar-refractivity contribution in [3.05, 3.63) is 66.9 Å². The summed E-state index contributed by atoms with van der Waals surface area (Å²) in [4.78, 5) is 86.4. The number of aliphatic hydroxyl groups is 2. The summed E-state index contributed by atoms with van der Waals surface area (Å²) in [5.41, 5.74) is -19.6. The van der Waals surface area contributed by atoms with Gasteiger partial charge in [0.1, 0.15) is 18.8 Å². The molecule has 0 saturated heterocycles. The first kappa shape index (κ1) is 49.1. The molecule has 0 radical (unpaired) electrons. The summed E-state index contributed by atoms with van der Waals surface area (Å²) in [5, 5.41) is 198. The number of cyclic esters (lactones) is 2. The van der Waals surface area contributed by atoms with Gasteiger partial charge in [-0.2, -0.15) is 0 Å². The first-order valence-electron chi connectivity index (χ1n) is 21.7. The number of aromatic hydroxyl groups is 16. The maximum atomic E-state index is 15.0. The number of carbonyl (C=O) groups is 4. The summed E-state index contributed by atoms with van der Waals surface area (Å²) in [6, 6.07) is 0.884. The number of fused-ring (bicyclic) bond motifs is 7. The van der Waals surface area contributed by atoms with Crippen LogP contribution in [-0.2, 0) is 18.9 Å². The van der Waals surface area contributed by atoms with Crippen molar-refractivity contribution >= 4 is 56.6 Å². The second-order valence-electron chi connectivity index (χ2n) is 17.6. The molecule has 5 atom stereocenters. The lowest BCUT2D eigenvalue weighted by Gasteiger charge is -2.40. The SMILES string of the molecule is O=C1O[C@H]([C@@H]2OC(=O)c3cc(O)c(O)c(O)c3-c3c(O)c(O)c4oc(=O)c5c(c(O)c(O)c6oc(=O)c3c4c65)-c3c(cc(O)c(O)c3O)C(=O)OC[C@H]2O)[C@@H]2OC(=O)c3c(c(O)c(O)c(O)c3[C@H]2O)-c2c1cc(O)c(O)c2O. The van der Waals surface area contributed by atoms with Crippen LogP contribution in [0.3, 0.4) is 0 Å². The third-order valence-corrected chi connectivity index (χ3v) is 13.4. The van der Waals surface area contributed by atoms with Crippen LogP contribution in [0.1, 0.15) is 53.1 Å². The van der Waals surface area contributed by atoms with Gasteiger partial charge in [0, 0.05) is 49.7 Å². The van der Waals surface area contributed by atoms with Gasteiger partial charge in [0.25, 0.3) is 0 Å². The third kappa shape index (κ3) is 6.24. The molecule has 18 N–H and O–H groups in total. The zero-order valence-corrected chi connectivity index (χ0v) is 37.8. The fraction of sp³-hybridized carbons (Fsp3) is 0.125. The summed E-state index contributed by atoms with van der Waals surface area (Å²) in [7, 11) is 0. The van der Waals surface area contributed by atoms with Crippen molar-refractivity contribution in [2.24, 2.45) is 0 Å². The number of aliphatic hydroxyl groups excluding tert-OH is 2. The van der Waals surface area contributed by atoms with Gasteiger partial charge in [0.15, 0.2) is 87.0 Å². The molecular formula is C48H28O30. The van der Waals surface area contributed by atoms with E-state index < -0.39 is 258 Å². The van der Waals surface area contributed by atoms with E-state index in [1.54, 1.807) is 0 Å². The highest BCUT2D eigenvalue weighted by Crippen LogP contribution is 2.60. The smallest absolute Gasteiger partial charge is 0.345 e. The Morgan fingerprint density at radius 1 is 0.346 bits per heavy atom. The van der Waals surface area contributed by atoms with Crippen LogP contribution < -0.4 is 11.3 Å². The monoisotopic (exact) mass is 1080 g/mol. The highest BCUT2D eigenvalue weighted by molar-refractivity contribution is 6.29. The molecule has 0 fully saturated rings. The van der Waals surface area contributed by atoms with Crippen LogP contribution in [0.4, 0.5) is 0 Å². The number of rotatable bonds is 1. The summed E-state index contributed by atoms with van der Waals surface area (Å²) in [5.74, 6) is -32.3. The molecule has 400 valence electrons. The third-order valence-electron chi connectivity index (χ3n) is 13.4. The van der Waals surface area contributed by atoms with E-state index in [1.807, 2.05) is 0 Å². The minimum absolute atomic E-state index is 0.231. The van der Waals surface area contributed by atoms with Crippen LogP contribution in [0.25, 0.3) is 66.1 Å². The van der Waals surface area contributed by atoms with E-state index in [0.717, 1.165) is 0 Å². The molecule has 4 aliphatic rings. The van der Waals surface area contributed by atoms with Gasteiger partial charge in [-0.3, -0.25) is 0 Å². The number of esters is 4. The lowest BCUT2D eigenvalue weighted by molar-refractivity contribution is -0.153. The molecule has 12 rings (SSSR count). The molecule has 78 heavy (non-hydrogen) atoms. The normalized spacial score (nSPS) is 19.1. The topological polar surface area (TPSA) is 530 Å². The molecule has 0 unspecified atom stereocenters. The molecule has 8 aromatic rings. The highest BCUT2D eigenvalue weighted by Gasteiger charge is 2.53. The number of carbonyl (C=O) groups excluding carboxylic acids is 4. The van der Waals surface area contributed by atoms with E-state index in [4.69, 9.17) is 27.8 Å². The number of hydrogen-bond acceptors (Lipinski definition) is 30. The molecule has 4 aliphatic heterocycles. The average Bonchev–Trinajstić information content (AvgIpc) is 3.06. The van der Waals surface area contributed by atoms with Crippen molar-refractivity contribution in [2.45, 2.75) is 30.5 Å². The van der Waals surface area contributed by atoms with Gasteiger partial charge in [-0.25, -0.2) is 28.8 Å². The maximum Gasteiger partial charge on any atom is 0.345 e. The van der Waals surface area contributed by atoms with Crippen molar-refractivity contribution < 1.29 is 139 Å². The van der Waals surface area contributed by atoms with Crippen LogP contribution in [0.5, 0.6) is 92.0 Å². The number of benzene rings is 6. The number of ether oxygens (including phenoxy) is 4. The quantitative estimate of drug-likeness (QED) is 0.0365. The van der Waals surface area contributed by atoms with Crippen molar-refractivity contribution in [1.82, 2.24) is 0 Å². The van der Waals surface area contributed by atoms with Crippen molar-refractivity contribution in [3.63, 3.8) is 0 Å². The van der Waals surface area contributed by atoms with Gasteiger partial charge in [-0.1, -0.05) is 0 Å². The highest BCUT2D eigenvalue weighted by atomic mass is 16.6. The van der Waals surface area contributed by atoms with Gasteiger partial charge in [0.05, 0.1) is 33.0 Å². The minimum atomic E-state index is -2.97. The minimum Gasteiger partial charge on any atom is -0.504 e. The van der Waals surface area contributed by atoms with E-state index in [1.165, 1.54) is 0 Å². The van der Waals surface area contributed by atoms with Crippen molar-refractivity contribution in [1.29, 1.82) is 0 Å². The van der Waals surface area contributed by atoms with E-state index in [9.17, 15) is 121 Å². The van der Waals surface area contributed by atoms with Gasteiger partial charge in [-0.05, 0) is 18.2 Å². The largest absolute Gasteiger partial charge is 0.504 e. The molecule has 0 amide bonds. The molecule has 30 nitrogen and oxygen atoms in total. The second-order valence-corrected chi connectivity index (χ2v) is 17.6. The van der Waals surface area contributed by atoms with Gasteiger partial charge < -0.3 is 120 Å². The van der Waals surface area contributed by atoms with Gasteiger partial charge >= 0.3 is 35.1 Å². The lowest BCUT2D eigenvalue weighted by atomic mass is 9.82. The average molecular weight is 1080 g/mol. The molecular weight excluding hydrogens is 1060 g/mol. The van der Waals surface area contributed by atoms with Crippen LogP contribution >= 0.6 is 0 Å². The Morgan fingerprint density at radius 2 is 0.718 bits per heavy atom. The zero-order chi connectivity index (χ0) is 56.5. The summed E-state index contributed by atoms with van der Waals surface area (Å²) >= 11 is 0. The standard InChI is InChI=1S/C48H28O30/c49-8-1-5-12(27(56)24(8)53)15-20-18-19-21(47(71)76-39(18)36(65)31(15)60)16(32(61)37(66)40(19)75-46(20)70)13-6(2-9(50)25(54)28(13)57)44(68)74-38(11(52)4-73-43(5)67)42-41-34(63)23-22(48(72)77-41)17(30(59)35(64)33(23)62)14-7(45(69)78-42)3-10(51)26(55)29(14)58/h1-3,11,34,38,41-42,49-66H,4H2/t11-,34-,38-,41-,42-/m1/s1. The van der Waals surface area contributed by atoms with Gasteiger partial charge in [0.2, 0.25) is 34.5 Å². The molecule has 6 aromatic carbocycles. The number of phenolic OH excluding ortho intramolecular Hbond substituents is 16. The first-order chi connectivity index (χ1) is 36.7. The Hall–Kier alpha value is -11.1. The molecule has 0 aliphatic carbocycles. The Labute approximate surface area is 424 Å². The number of hydrogen-bond donors (Lipinski definition) is 18. The Morgan fingerprint density at radius 3 is 1.17 bits per heavy atom. The fourth-order valence-corrected chi connectivity index (χ4v) is 9.96. The fourth-order valence-electron chi connectivity index (χ4n) is 9.96. The van der Waals surface area contributed by atoms with Gasteiger partial charge in [-0.15, -0.1) is 0 Å². The molecule has 2 aromatic heterocycles. The number of phenols is 16. The van der Waals surface area contributed by atoms with E-state index in [2.05, 4.69) is 0 Å². The molecule has 10 bridgehead atoms. The van der Waals surface area contributed by atoms with Crippen LogP contribution in [0.2, 0.25) is 0 Å². The molecule has 30 heteroatoms. The van der Waals surface area contributed by atoms with Crippen LogP contribution in [0.15, 0.2) is 36.6 Å². The Kier molecular flexibility index (Phi) is 10.2. The Bertz CT molecular complexity index is 4280. The Balaban J connectivity index is 1.24. The summed E-state index contributed by atoms with van der Waals surface area (Å²) in [6.07, 6.45) is -14.2. The van der Waals surface area contributed by atoms with E-state index in [0.29, 0.717) is 12.1 Å². The lowest BCUT2D eigenvalue weighted by Crippen LogP contribution is -2.55. The van der Waals surface area contributed by atoms with E-state index >= 15 is 0 Å². The van der Waals surface area contributed by atoms with Crippen molar-refractivity contribution in [2.75, 3.05) is 6.61 Å². The zero-order valence-electron chi connectivity index (χ0n) is 37.8. The molecule has 0 saturated carbocycles. The van der Waals surface area contributed by atoms with E-state index in [-0.39, 0.29) is 6.07 Å².